The molecule has 180 valence electrons. The molecule has 2 aromatic rings. The Labute approximate surface area is 194 Å². The zero-order valence-corrected chi connectivity index (χ0v) is 19.2. The molecule has 0 atom stereocenters. The Bertz CT molecular complexity index is 891. The van der Waals surface area contributed by atoms with Gasteiger partial charge in [0.15, 0.2) is 12.4 Å². The highest BCUT2D eigenvalue weighted by Gasteiger charge is 2.26. The molecule has 0 spiro atoms. The standard InChI is InChI=1S/C24H35N4O5/c25-15-7-5-3-1-2-4-6-8-17-33-18-10-12-21-11-9-16-26(20-21)23-14-13-22(27(29)30)19-24(23)28(31)32/h9,11,13-14,16,19-20H,1-8,10,12,15,17-18,25H2/q+1. The van der Waals surface area contributed by atoms with E-state index in [0.29, 0.717) is 12.3 Å². The summed E-state index contributed by atoms with van der Waals surface area (Å²) in [5.41, 5.74) is 6.20. The van der Waals surface area contributed by atoms with Crippen LogP contribution < -0.4 is 10.3 Å². The molecule has 33 heavy (non-hydrogen) atoms. The fraction of sp³-hybridized carbons (Fsp3) is 0.542. The lowest BCUT2D eigenvalue weighted by Crippen LogP contribution is -2.31. The Balaban J connectivity index is 1.72. The third kappa shape index (κ3) is 9.63. The van der Waals surface area contributed by atoms with Crippen molar-refractivity contribution in [2.45, 2.75) is 64.2 Å². The Kier molecular flexibility index (Phi) is 12.0. The first-order valence-electron chi connectivity index (χ1n) is 11.7. The summed E-state index contributed by atoms with van der Waals surface area (Å²) in [6, 6.07) is 7.45. The molecule has 2 N–H and O–H groups in total. The highest BCUT2D eigenvalue weighted by molar-refractivity contribution is 5.53. The second-order valence-electron chi connectivity index (χ2n) is 8.14. The SMILES string of the molecule is NCCCCCCCCCCOCCCc1ccc[n+](-c2ccc([N+](=O)[O-])cc2[N+](=O)[O-])c1. The van der Waals surface area contributed by atoms with Crippen molar-refractivity contribution in [3.8, 4) is 5.69 Å². The first-order valence-corrected chi connectivity index (χ1v) is 11.7. The van der Waals surface area contributed by atoms with E-state index in [-0.39, 0.29) is 11.4 Å². The van der Waals surface area contributed by atoms with E-state index in [9.17, 15) is 20.2 Å². The largest absolute Gasteiger partial charge is 0.381 e. The molecule has 1 heterocycles. The van der Waals surface area contributed by atoms with Crippen molar-refractivity contribution in [2.75, 3.05) is 19.8 Å². The van der Waals surface area contributed by atoms with Crippen LogP contribution in [0.4, 0.5) is 11.4 Å². The van der Waals surface area contributed by atoms with Gasteiger partial charge in [-0.15, -0.1) is 0 Å². The summed E-state index contributed by atoms with van der Waals surface area (Å²) in [6.07, 6.45) is 14.9. The van der Waals surface area contributed by atoms with Crippen LogP contribution in [0, 0.1) is 20.2 Å². The minimum atomic E-state index is -0.636. The summed E-state index contributed by atoms with van der Waals surface area (Å²) >= 11 is 0. The van der Waals surface area contributed by atoms with Crippen LogP contribution in [0.25, 0.3) is 5.69 Å². The van der Waals surface area contributed by atoms with Crippen LogP contribution in [0.2, 0.25) is 0 Å². The maximum Gasteiger partial charge on any atom is 0.347 e. The Morgan fingerprint density at radius 2 is 1.52 bits per heavy atom. The Hall–Kier alpha value is -2.91. The molecule has 1 aromatic carbocycles. The second kappa shape index (κ2) is 15.0. The molecule has 9 heteroatoms. The molecule has 0 unspecified atom stereocenters. The van der Waals surface area contributed by atoms with E-state index >= 15 is 0 Å². The number of nitro benzene ring substituents is 2. The molecule has 0 aliphatic rings. The van der Waals surface area contributed by atoms with Crippen molar-refractivity contribution in [3.63, 3.8) is 0 Å². The molecule has 0 saturated heterocycles. The van der Waals surface area contributed by atoms with Gasteiger partial charge in [-0.25, -0.2) is 0 Å². The molecule has 9 nitrogen and oxygen atoms in total. The minimum absolute atomic E-state index is 0.295. The molecule has 0 saturated carbocycles. The maximum atomic E-state index is 11.4. The molecule has 0 aliphatic heterocycles. The summed E-state index contributed by atoms with van der Waals surface area (Å²) in [7, 11) is 0. The van der Waals surface area contributed by atoms with Crippen molar-refractivity contribution in [1.82, 2.24) is 0 Å². The monoisotopic (exact) mass is 459 g/mol. The van der Waals surface area contributed by atoms with Gasteiger partial charge in [0, 0.05) is 37.0 Å². The Morgan fingerprint density at radius 3 is 2.18 bits per heavy atom. The number of aryl methyl sites for hydroxylation is 1. The van der Waals surface area contributed by atoms with E-state index in [2.05, 4.69) is 0 Å². The average molecular weight is 460 g/mol. The number of hydrogen-bond acceptors (Lipinski definition) is 6. The van der Waals surface area contributed by atoms with Gasteiger partial charge in [-0.3, -0.25) is 20.2 Å². The van der Waals surface area contributed by atoms with Crippen LogP contribution >= 0.6 is 0 Å². The number of non-ortho nitro benzene ring substituents is 1. The zero-order chi connectivity index (χ0) is 23.9. The number of nitrogens with two attached hydrogens (primary N) is 1. The van der Waals surface area contributed by atoms with Crippen LogP contribution in [0.15, 0.2) is 42.7 Å². The van der Waals surface area contributed by atoms with Crippen molar-refractivity contribution < 1.29 is 19.2 Å². The summed E-state index contributed by atoms with van der Waals surface area (Å²) in [4.78, 5) is 21.1. The molecule has 1 aromatic heterocycles. The van der Waals surface area contributed by atoms with E-state index in [1.165, 1.54) is 50.7 Å². The van der Waals surface area contributed by atoms with Crippen molar-refractivity contribution in [1.29, 1.82) is 0 Å². The predicted molar refractivity (Wildman–Crippen MR) is 126 cm³/mol. The molecule has 0 amide bonds. The number of benzene rings is 1. The molecule has 0 fully saturated rings. The van der Waals surface area contributed by atoms with Gasteiger partial charge in [0.05, 0.1) is 9.85 Å². The van der Waals surface area contributed by atoms with Gasteiger partial charge in [-0.1, -0.05) is 38.5 Å². The predicted octanol–water partition coefficient (Wildman–Crippen LogP) is 4.81. The molecule has 0 aliphatic carbocycles. The van der Waals surface area contributed by atoms with E-state index in [1.54, 1.807) is 10.8 Å². The lowest BCUT2D eigenvalue weighted by atomic mass is 10.1. The number of rotatable bonds is 17. The van der Waals surface area contributed by atoms with Crippen LogP contribution in [0.1, 0.15) is 63.4 Å². The van der Waals surface area contributed by atoms with Gasteiger partial charge < -0.3 is 10.5 Å². The maximum absolute atomic E-state index is 11.4. The number of nitro groups is 2. The smallest absolute Gasteiger partial charge is 0.347 e. The van der Waals surface area contributed by atoms with Crippen molar-refractivity contribution in [3.05, 3.63) is 68.5 Å². The first kappa shape index (κ1) is 26.3. The van der Waals surface area contributed by atoms with Crippen LogP contribution in [-0.2, 0) is 11.2 Å². The summed E-state index contributed by atoms with van der Waals surface area (Å²) in [6.45, 7) is 2.24. The van der Waals surface area contributed by atoms with Gasteiger partial charge >= 0.3 is 5.69 Å². The van der Waals surface area contributed by atoms with Crippen molar-refractivity contribution in [2.24, 2.45) is 5.73 Å². The number of nitrogens with zero attached hydrogens (tertiary/aromatic N) is 3. The van der Waals surface area contributed by atoms with E-state index in [4.69, 9.17) is 10.5 Å². The summed E-state index contributed by atoms with van der Waals surface area (Å²) in [5, 5.41) is 22.4. The summed E-state index contributed by atoms with van der Waals surface area (Å²) < 4.78 is 7.38. The van der Waals surface area contributed by atoms with Gasteiger partial charge in [-0.2, -0.15) is 4.57 Å². The molecule has 0 radical (unpaired) electrons. The zero-order valence-electron chi connectivity index (χ0n) is 19.2. The average Bonchev–Trinajstić information content (AvgIpc) is 2.81. The third-order valence-corrected chi connectivity index (χ3v) is 5.50. The van der Waals surface area contributed by atoms with Gasteiger partial charge in [0.2, 0.25) is 0 Å². The summed E-state index contributed by atoms with van der Waals surface area (Å²) in [5.74, 6) is 0. The molecular weight excluding hydrogens is 424 g/mol. The van der Waals surface area contributed by atoms with Crippen LogP contribution in [0.5, 0.6) is 0 Å². The minimum Gasteiger partial charge on any atom is -0.381 e. The highest BCUT2D eigenvalue weighted by atomic mass is 16.6. The molecule has 2 rings (SSSR count). The molecular formula is C24H35N4O5+. The third-order valence-electron chi connectivity index (χ3n) is 5.50. The lowest BCUT2D eigenvalue weighted by Gasteiger charge is -2.05. The number of unbranched alkanes of at least 4 members (excludes halogenated alkanes) is 7. The first-order chi connectivity index (χ1) is 16.0. The van der Waals surface area contributed by atoms with Gasteiger partial charge in [-0.05, 0) is 38.3 Å². The lowest BCUT2D eigenvalue weighted by molar-refractivity contribution is -0.601. The van der Waals surface area contributed by atoms with E-state index < -0.39 is 9.85 Å². The van der Waals surface area contributed by atoms with E-state index in [1.807, 2.05) is 18.3 Å². The van der Waals surface area contributed by atoms with E-state index in [0.717, 1.165) is 50.5 Å². The van der Waals surface area contributed by atoms with Gasteiger partial charge in [0.1, 0.15) is 6.07 Å². The number of hydrogen-bond donors (Lipinski definition) is 1. The normalized spacial score (nSPS) is 10.9. The number of ether oxygens (including phenoxy) is 1. The Morgan fingerprint density at radius 1 is 0.848 bits per heavy atom. The van der Waals surface area contributed by atoms with Crippen LogP contribution in [-0.4, -0.2) is 29.6 Å². The fourth-order valence-electron chi connectivity index (χ4n) is 3.70. The number of aromatic nitrogens is 1. The topological polar surface area (TPSA) is 125 Å². The van der Waals surface area contributed by atoms with Crippen molar-refractivity contribution >= 4 is 11.4 Å². The van der Waals surface area contributed by atoms with Crippen LogP contribution in [0.3, 0.4) is 0 Å². The quantitative estimate of drug-likeness (QED) is 0.157. The molecule has 0 bridgehead atoms. The fourth-order valence-corrected chi connectivity index (χ4v) is 3.70. The second-order valence-corrected chi connectivity index (χ2v) is 8.14. The highest BCUT2D eigenvalue weighted by Crippen LogP contribution is 2.24. The number of pyridine rings is 1. The van der Waals surface area contributed by atoms with Gasteiger partial charge in [0.25, 0.3) is 11.4 Å².